The van der Waals surface area contributed by atoms with Crippen molar-refractivity contribution in [3.63, 3.8) is 0 Å². The number of fused-ring (bicyclic) bond motifs is 1. The zero-order chi connectivity index (χ0) is 17.9. The fourth-order valence-electron chi connectivity index (χ4n) is 2.76. The quantitative estimate of drug-likeness (QED) is 0.715. The minimum Gasteiger partial charge on any atom is -0.385 e. The predicted octanol–water partition coefficient (Wildman–Crippen LogP) is 1.13. The lowest BCUT2D eigenvalue weighted by Gasteiger charge is -2.08. The molecule has 1 saturated heterocycles. The molecule has 0 saturated carbocycles. The largest absolute Gasteiger partial charge is 0.385 e. The van der Waals surface area contributed by atoms with Crippen molar-refractivity contribution in [1.29, 1.82) is 0 Å². The van der Waals surface area contributed by atoms with E-state index in [2.05, 4.69) is 15.6 Å². The van der Waals surface area contributed by atoms with Gasteiger partial charge in [-0.1, -0.05) is 11.8 Å². The van der Waals surface area contributed by atoms with Gasteiger partial charge >= 0.3 is 0 Å². The van der Waals surface area contributed by atoms with Crippen LogP contribution in [0.25, 0.3) is 0 Å². The van der Waals surface area contributed by atoms with E-state index in [1.165, 1.54) is 11.8 Å². The summed E-state index contributed by atoms with van der Waals surface area (Å²) < 4.78 is 28.1. The first-order valence-electron chi connectivity index (χ1n) is 8.06. The number of ether oxygens (including phenoxy) is 1. The summed E-state index contributed by atoms with van der Waals surface area (Å²) in [5.74, 6) is 0.215. The number of anilines is 1. The average molecular weight is 383 g/mol. The molecule has 9 heteroatoms. The summed E-state index contributed by atoms with van der Waals surface area (Å²) in [4.78, 5) is 16.5. The number of methoxy groups -OCH3 is 1. The number of sulfone groups is 1. The third kappa shape index (κ3) is 4.74. The van der Waals surface area contributed by atoms with Crippen molar-refractivity contribution < 1.29 is 17.9 Å². The molecule has 3 rings (SSSR count). The Morgan fingerprint density at radius 1 is 1.32 bits per heavy atom. The second kappa shape index (κ2) is 7.76. The molecule has 0 radical (unpaired) electrons. The van der Waals surface area contributed by atoms with Crippen molar-refractivity contribution in [3.8, 4) is 0 Å². The van der Waals surface area contributed by atoms with Gasteiger partial charge < -0.3 is 15.4 Å². The third-order valence-electron chi connectivity index (χ3n) is 4.03. The van der Waals surface area contributed by atoms with Crippen LogP contribution in [0.1, 0.15) is 16.8 Å². The van der Waals surface area contributed by atoms with Crippen LogP contribution in [0.5, 0.6) is 0 Å². The Morgan fingerprint density at radius 3 is 2.76 bits per heavy atom. The Kier molecular flexibility index (Phi) is 5.65. The maximum Gasteiger partial charge on any atom is 0.251 e. The third-order valence-corrected chi connectivity index (χ3v) is 7.17. The molecule has 0 spiro atoms. The van der Waals surface area contributed by atoms with E-state index in [0.717, 1.165) is 17.3 Å². The number of hydrogen-bond acceptors (Lipinski definition) is 7. The van der Waals surface area contributed by atoms with Crippen LogP contribution in [-0.4, -0.2) is 62.6 Å². The van der Waals surface area contributed by atoms with Crippen molar-refractivity contribution in [1.82, 2.24) is 5.32 Å². The van der Waals surface area contributed by atoms with Crippen LogP contribution in [0.15, 0.2) is 29.3 Å². The number of benzene rings is 1. The van der Waals surface area contributed by atoms with Gasteiger partial charge in [0.1, 0.15) is 0 Å². The minimum absolute atomic E-state index is 0.0182. The molecule has 0 aliphatic carbocycles. The van der Waals surface area contributed by atoms with Gasteiger partial charge in [-0.15, -0.1) is 0 Å². The maximum atomic E-state index is 12.0. The number of hydrogen-bond donors (Lipinski definition) is 2. The summed E-state index contributed by atoms with van der Waals surface area (Å²) in [5, 5.41) is 6.79. The standard InChI is InChI=1S/C16H21N3O4S2/c1-23-8-2-7-17-15(20)11-3-5-12(6-4-11)18-16-19-13-9-25(21,22)10-14(13)24-16/h3-6,13-14H,2,7-10H2,1H3,(H,17,20)(H,18,19)/t13-,14-/m0/s1. The number of carbonyl (C=O) groups is 1. The summed E-state index contributed by atoms with van der Waals surface area (Å²) in [7, 11) is -1.30. The van der Waals surface area contributed by atoms with Crippen molar-refractivity contribution in [2.75, 3.05) is 37.1 Å². The van der Waals surface area contributed by atoms with E-state index in [0.29, 0.717) is 18.7 Å². The molecule has 2 aliphatic rings. The average Bonchev–Trinajstić information content (AvgIpc) is 3.04. The summed E-state index contributed by atoms with van der Waals surface area (Å²) in [6.45, 7) is 1.19. The summed E-state index contributed by atoms with van der Waals surface area (Å²) >= 11 is 1.47. The molecule has 25 heavy (non-hydrogen) atoms. The highest BCUT2D eigenvalue weighted by atomic mass is 32.2. The molecule has 2 N–H and O–H groups in total. The number of amidine groups is 1. The Morgan fingerprint density at radius 2 is 2.08 bits per heavy atom. The smallest absolute Gasteiger partial charge is 0.251 e. The van der Waals surface area contributed by atoms with E-state index in [4.69, 9.17) is 4.74 Å². The number of nitrogens with zero attached hydrogens (tertiary/aromatic N) is 1. The minimum atomic E-state index is -2.94. The molecular weight excluding hydrogens is 362 g/mol. The molecule has 2 heterocycles. The second-order valence-corrected chi connectivity index (χ2v) is 9.42. The van der Waals surface area contributed by atoms with Gasteiger partial charge in [0, 0.05) is 36.8 Å². The summed E-state index contributed by atoms with van der Waals surface area (Å²) in [5.41, 5.74) is 1.41. The maximum absolute atomic E-state index is 12.0. The van der Waals surface area contributed by atoms with Gasteiger partial charge in [0.25, 0.3) is 5.91 Å². The number of amides is 1. The van der Waals surface area contributed by atoms with E-state index in [1.807, 2.05) is 12.1 Å². The van der Waals surface area contributed by atoms with Gasteiger partial charge in [-0.2, -0.15) is 0 Å². The number of nitrogens with one attached hydrogen (secondary N) is 2. The molecule has 0 unspecified atom stereocenters. The van der Waals surface area contributed by atoms with E-state index in [-0.39, 0.29) is 28.7 Å². The second-order valence-electron chi connectivity index (χ2n) is 6.04. The van der Waals surface area contributed by atoms with Gasteiger partial charge in [-0.25, -0.2) is 8.42 Å². The fraction of sp³-hybridized carbons (Fsp3) is 0.500. The van der Waals surface area contributed by atoms with E-state index in [9.17, 15) is 13.2 Å². The Balaban J connectivity index is 1.52. The lowest BCUT2D eigenvalue weighted by molar-refractivity contribution is 0.0948. The zero-order valence-electron chi connectivity index (χ0n) is 13.9. The lowest BCUT2D eigenvalue weighted by atomic mass is 10.2. The number of aliphatic imine (C=N–C) groups is 1. The van der Waals surface area contributed by atoms with Crippen LogP contribution in [0.2, 0.25) is 0 Å². The molecule has 0 bridgehead atoms. The van der Waals surface area contributed by atoms with Crippen LogP contribution in [0.4, 0.5) is 5.69 Å². The van der Waals surface area contributed by atoms with Crippen LogP contribution < -0.4 is 10.6 Å². The molecule has 0 aromatic heterocycles. The van der Waals surface area contributed by atoms with Crippen LogP contribution in [0.3, 0.4) is 0 Å². The van der Waals surface area contributed by atoms with Crippen molar-refractivity contribution in [2.45, 2.75) is 17.7 Å². The molecule has 2 aliphatic heterocycles. The molecule has 1 amide bonds. The lowest BCUT2D eigenvalue weighted by Crippen LogP contribution is -2.25. The molecule has 1 aromatic rings. The number of carbonyl (C=O) groups excluding carboxylic acids is 1. The number of rotatable bonds is 6. The van der Waals surface area contributed by atoms with Crippen molar-refractivity contribution in [2.24, 2.45) is 4.99 Å². The predicted molar refractivity (Wildman–Crippen MR) is 100 cm³/mol. The van der Waals surface area contributed by atoms with Crippen LogP contribution >= 0.6 is 11.8 Å². The zero-order valence-corrected chi connectivity index (χ0v) is 15.5. The highest BCUT2D eigenvalue weighted by Gasteiger charge is 2.42. The van der Waals surface area contributed by atoms with Crippen LogP contribution in [-0.2, 0) is 14.6 Å². The molecule has 2 atom stereocenters. The van der Waals surface area contributed by atoms with Gasteiger partial charge in [0.05, 0.1) is 17.5 Å². The van der Waals surface area contributed by atoms with Crippen molar-refractivity contribution in [3.05, 3.63) is 29.8 Å². The fourth-order valence-corrected chi connectivity index (χ4v) is 6.44. The molecule has 7 nitrogen and oxygen atoms in total. The van der Waals surface area contributed by atoms with E-state index >= 15 is 0 Å². The highest BCUT2D eigenvalue weighted by Crippen LogP contribution is 2.34. The van der Waals surface area contributed by atoms with Crippen LogP contribution in [0, 0.1) is 0 Å². The Bertz CT molecular complexity index is 762. The first kappa shape index (κ1) is 18.2. The highest BCUT2D eigenvalue weighted by molar-refractivity contribution is 8.15. The SMILES string of the molecule is COCCCNC(=O)c1ccc(NC2=N[C@H]3CS(=O)(=O)C[C@@H]3S2)cc1. The topological polar surface area (TPSA) is 96.9 Å². The monoisotopic (exact) mass is 383 g/mol. The van der Waals surface area contributed by atoms with Gasteiger partial charge in [0.15, 0.2) is 15.0 Å². The van der Waals surface area contributed by atoms with E-state index in [1.54, 1.807) is 19.2 Å². The van der Waals surface area contributed by atoms with Gasteiger partial charge in [-0.3, -0.25) is 9.79 Å². The Hall–Kier alpha value is -1.58. The molecule has 136 valence electrons. The first-order chi connectivity index (χ1) is 12.0. The Labute approximate surface area is 151 Å². The van der Waals surface area contributed by atoms with Crippen molar-refractivity contribution >= 4 is 38.4 Å². The first-order valence-corrected chi connectivity index (χ1v) is 10.8. The summed E-state index contributed by atoms with van der Waals surface area (Å²) in [6.07, 6.45) is 0.775. The van der Waals surface area contributed by atoms with Gasteiger partial charge in [0.2, 0.25) is 0 Å². The molecular formula is C16H21N3O4S2. The van der Waals surface area contributed by atoms with Gasteiger partial charge in [-0.05, 0) is 30.7 Å². The normalized spacial score (nSPS) is 23.8. The summed E-state index contributed by atoms with van der Waals surface area (Å²) in [6, 6.07) is 6.99. The molecule has 1 fully saturated rings. The van der Waals surface area contributed by atoms with E-state index < -0.39 is 9.84 Å². The molecule has 1 aromatic carbocycles. The number of thioether (sulfide) groups is 1.